The highest BCUT2D eigenvalue weighted by Crippen LogP contribution is 2.42. The molecule has 3 N–H and O–H groups in total. The molecule has 1 aromatic carbocycles. The summed E-state index contributed by atoms with van der Waals surface area (Å²) in [4.78, 5) is 8.28. The Balaban J connectivity index is 1.25. The quantitative estimate of drug-likeness (QED) is 0.496. The normalized spacial score (nSPS) is 26.1. The maximum Gasteiger partial charge on any atom is 0.216 e. The first kappa shape index (κ1) is 22.5. The van der Waals surface area contributed by atoms with Crippen LogP contribution < -0.4 is 15.4 Å². The Labute approximate surface area is 200 Å². The molecule has 2 aliphatic rings. The van der Waals surface area contributed by atoms with Gasteiger partial charge in [-0.25, -0.2) is 9.97 Å². The Morgan fingerprint density at radius 1 is 1.03 bits per heavy atom. The van der Waals surface area contributed by atoms with E-state index >= 15 is 0 Å². The van der Waals surface area contributed by atoms with Gasteiger partial charge in [0.25, 0.3) is 0 Å². The molecule has 8 heteroatoms. The minimum absolute atomic E-state index is 0.118. The van der Waals surface area contributed by atoms with E-state index in [0.29, 0.717) is 28.7 Å². The average molecular weight is 461 g/mol. The molecule has 0 amide bonds. The number of benzene rings is 1. The van der Waals surface area contributed by atoms with Gasteiger partial charge in [0.05, 0.1) is 18.5 Å². The molecule has 3 aromatic rings. The number of methoxy groups -OCH3 is 1. The molecular weight excluding hydrogens is 428 g/mol. The highest BCUT2D eigenvalue weighted by molar-refractivity contribution is 5.73. The van der Waals surface area contributed by atoms with Crippen molar-refractivity contribution in [3.05, 3.63) is 42.7 Å². The molecule has 0 radical (unpaired) electrons. The summed E-state index contributed by atoms with van der Waals surface area (Å²) in [6, 6.07) is 10.9. The number of nitrogens with one attached hydrogen (secondary N) is 2. The van der Waals surface area contributed by atoms with E-state index in [1.165, 1.54) is 38.4 Å². The molecule has 8 nitrogen and oxygen atoms in total. The lowest BCUT2D eigenvalue weighted by molar-refractivity contribution is 0.0589. The van der Waals surface area contributed by atoms with Crippen LogP contribution in [0.3, 0.4) is 0 Å². The molecule has 2 atom stereocenters. The van der Waals surface area contributed by atoms with Crippen LogP contribution in [0.2, 0.25) is 0 Å². The summed E-state index contributed by atoms with van der Waals surface area (Å²) in [5.74, 6) is 1.95. The largest absolute Gasteiger partial charge is 0.507 e. The zero-order valence-corrected chi connectivity index (χ0v) is 20.0. The first-order valence-corrected chi connectivity index (χ1v) is 11.9. The second-order valence-electron chi connectivity index (χ2n) is 10.2. The lowest BCUT2D eigenvalue weighted by Gasteiger charge is -2.53. The Kier molecular flexibility index (Phi) is 5.85. The van der Waals surface area contributed by atoms with Gasteiger partial charge in [0.2, 0.25) is 5.88 Å². The van der Waals surface area contributed by atoms with E-state index in [-0.39, 0.29) is 16.8 Å². The van der Waals surface area contributed by atoms with Gasteiger partial charge in [-0.1, -0.05) is 6.07 Å². The minimum Gasteiger partial charge on any atom is -0.507 e. The molecule has 2 aromatic heterocycles. The third-order valence-electron chi connectivity index (χ3n) is 7.20. The Morgan fingerprint density at radius 2 is 1.82 bits per heavy atom. The third kappa shape index (κ3) is 4.68. The maximum atomic E-state index is 10.6. The number of aromatic nitrogens is 4. The fourth-order valence-electron chi connectivity index (χ4n) is 5.85. The van der Waals surface area contributed by atoms with E-state index in [1.54, 1.807) is 19.2 Å². The Hall–Kier alpha value is -3.26. The number of phenols is 1. The van der Waals surface area contributed by atoms with Crippen molar-refractivity contribution in [2.24, 2.45) is 5.92 Å². The van der Waals surface area contributed by atoms with Gasteiger partial charge in [0.15, 0.2) is 0 Å². The van der Waals surface area contributed by atoms with Crippen LogP contribution in [0.25, 0.3) is 22.5 Å². The molecule has 2 saturated heterocycles. The molecule has 5 rings (SSSR count). The monoisotopic (exact) mass is 460 g/mol. The van der Waals surface area contributed by atoms with Crippen molar-refractivity contribution in [2.45, 2.75) is 57.0 Å². The highest BCUT2D eigenvalue weighted by atomic mass is 16.5. The summed E-state index contributed by atoms with van der Waals surface area (Å²) in [6.45, 7) is 5.62. The molecule has 34 heavy (non-hydrogen) atoms. The van der Waals surface area contributed by atoms with Gasteiger partial charge in [-0.3, -0.25) is 0 Å². The van der Waals surface area contributed by atoms with E-state index in [0.717, 1.165) is 17.9 Å². The number of fused-ring (bicyclic) bond motifs is 2. The standard InChI is InChI=1S/C26H32N6O2/c1-25-9-4-10-26(2,32-25)14-17(13-25)15-27-23-8-7-20(30-31-23)19-6-5-18(11-22(19)33)21-12-24(34-3)29-16-28-21/h5-8,11-12,16-17,32-33H,4,9-10,13-15H2,1-3H3,(H,27,31). The van der Waals surface area contributed by atoms with Crippen molar-refractivity contribution in [3.63, 3.8) is 0 Å². The first-order chi connectivity index (χ1) is 16.3. The molecule has 2 fully saturated rings. The van der Waals surface area contributed by atoms with Crippen LogP contribution in [0, 0.1) is 5.92 Å². The second-order valence-corrected chi connectivity index (χ2v) is 10.2. The van der Waals surface area contributed by atoms with Crippen LogP contribution in [0.4, 0.5) is 5.82 Å². The van der Waals surface area contributed by atoms with Gasteiger partial charge in [0, 0.05) is 34.8 Å². The number of phenolic OH excluding ortho intramolecular Hbond substituents is 1. The van der Waals surface area contributed by atoms with Gasteiger partial charge in [-0.2, -0.15) is 0 Å². The van der Waals surface area contributed by atoms with Gasteiger partial charge < -0.3 is 20.5 Å². The van der Waals surface area contributed by atoms with Gasteiger partial charge in [0.1, 0.15) is 17.9 Å². The first-order valence-electron chi connectivity index (χ1n) is 11.9. The molecule has 0 spiro atoms. The van der Waals surface area contributed by atoms with Gasteiger partial charge >= 0.3 is 0 Å². The number of rotatable bonds is 6. The van der Waals surface area contributed by atoms with Crippen LogP contribution in [0.5, 0.6) is 11.6 Å². The number of hydrogen-bond donors (Lipinski definition) is 3. The summed E-state index contributed by atoms with van der Waals surface area (Å²) in [6.07, 6.45) is 7.61. The van der Waals surface area contributed by atoms with Crippen molar-refractivity contribution in [3.8, 4) is 34.1 Å². The Bertz CT molecular complexity index is 1150. The molecule has 4 heterocycles. The topological polar surface area (TPSA) is 105 Å². The van der Waals surface area contributed by atoms with Crippen LogP contribution in [-0.2, 0) is 0 Å². The summed E-state index contributed by atoms with van der Waals surface area (Å²) >= 11 is 0. The number of piperidine rings is 2. The number of aromatic hydroxyl groups is 1. The van der Waals surface area contributed by atoms with Crippen molar-refractivity contribution in [1.29, 1.82) is 0 Å². The lowest BCUT2D eigenvalue weighted by Crippen LogP contribution is -2.63. The molecule has 178 valence electrons. The van der Waals surface area contributed by atoms with Gasteiger partial charge in [-0.15, -0.1) is 10.2 Å². The summed E-state index contributed by atoms with van der Waals surface area (Å²) in [7, 11) is 1.56. The van der Waals surface area contributed by atoms with E-state index in [1.807, 2.05) is 24.3 Å². The molecule has 2 bridgehead atoms. The fraction of sp³-hybridized carbons (Fsp3) is 0.462. The van der Waals surface area contributed by atoms with Crippen LogP contribution in [-0.4, -0.2) is 50.0 Å². The third-order valence-corrected chi connectivity index (χ3v) is 7.20. The number of ether oxygens (including phenoxy) is 1. The summed E-state index contributed by atoms with van der Waals surface area (Å²) in [5, 5.41) is 26.7. The van der Waals surface area contributed by atoms with Crippen molar-refractivity contribution in [2.75, 3.05) is 19.0 Å². The fourth-order valence-corrected chi connectivity index (χ4v) is 5.85. The van der Waals surface area contributed by atoms with E-state index in [4.69, 9.17) is 4.74 Å². The minimum atomic E-state index is 0.118. The number of nitrogens with zero attached hydrogens (tertiary/aromatic N) is 4. The van der Waals surface area contributed by atoms with Crippen LogP contribution in [0.15, 0.2) is 42.7 Å². The second kappa shape index (κ2) is 8.83. The lowest BCUT2D eigenvalue weighted by atomic mass is 9.67. The van der Waals surface area contributed by atoms with E-state index in [2.05, 4.69) is 44.6 Å². The molecule has 0 saturated carbocycles. The van der Waals surface area contributed by atoms with Crippen molar-refractivity contribution in [1.82, 2.24) is 25.5 Å². The molecule has 2 aliphatic heterocycles. The predicted octanol–water partition coefficient (Wildman–Crippen LogP) is 4.43. The number of anilines is 1. The predicted molar refractivity (Wildman–Crippen MR) is 132 cm³/mol. The summed E-state index contributed by atoms with van der Waals surface area (Å²) in [5.41, 5.74) is 3.16. The Morgan fingerprint density at radius 3 is 2.50 bits per heavy atom. The zero-order chi connectivity index (χ0) is 23.8. The van der Waals surface area contributed by atoms with Crippen LogP contribution >= 0.6 is 0 Å². The van der Waals surface area contributed by atoms with E-state index < -0.39 is 0 Å². The number of hydrogen-bond acceptors (Lipinski definition) is 8. The summed E-state index contributed by atoms with van der Waals surface area (Å²) < 4.78 is 5.16. The highest BCUT2D eigenvalue weighted by Gasteiger charge is 2.45. The smallest absolute Gasteiger partial charge is 0.216 e. The molecule has 0 aliphatic carbocycles. The SMILES string of the molecule is COc1cc(-c2ccc(-c3ccc(NCC4CC5(C)CCCC(C)(C4)N5)nn3)c(O)c2)ncn1. The van der Waals surface area contributed by atoms with Crippen LogP contribution in [0.1, 0.15) is 46.0 Å². The van der Waals surface area contributed by atoms with Crippen molar-refractivity contribution < 1.29 is 9.84 Å². The van der Waals surface area contributed by atoms with Gasteiger partial charge in [-0.05, 0) is 76.1 Å². The maximum absolute atomic E-state index is 10.6. The molecular formula is C26H32N6O2. The zero-order valence-electron chi connectivity index (χ0n) is 20.0. The van der Waals surface area contributed by atoms with E-state index in [9.17, 15) is 5.11 Å². The average Bonchev–Trinajstić information content (AvgIpc) is 2.82. The van der Waals surface area contributed by atoms with Crippen molar-refractivity contribution >= 4 is 5.82 Å². The molecule has 2 unspecified atom stereocenters.